The van der Waals surface area contributed by atoms with E-state index in [1.807, 2.05) is 0 Å². The van der Waals surface area contributed by atoms with Gasteiger partial charge in [-0.3, -0.25) is 24.1 Å². The SMILES string of the molecule is CCN1C(=O)c2cccc3c(-n4nnc5c4CCCCCC5(F)C(=O)NCCCOCCOCCOCCCNC(=O)COCC4O[C@@H](O)C(O)[C@@H](O)[C@@H]4O)ccc(c23)C1=O. The predicted molar refractivity (Wildman–Crippen MR) is 212 cm³/mol. The van der Waals surface area contributed by atoms with Crippen molar-refractivity contribution in [1.29, 1.82) is 0 Å². The van der Waals surface area contributed by atoms with Crippen LogP contribution in [0.15, 0.2) is 30.3 Å². The minimum atomic E-state index is -2.41. The Morgan fingerprint density at radius 3 is 2.23 bits per heavy atom. The van der Waals surface area contributed by atoms with E-state index in [4.69, 9.17) is 23.7 Å². The average molecular weight is 859 g/mol. The van der Waals surface area contributed by atoms with Gasteiger partial charge in [0.05, 0.1) is 44.4 Å². The van der Waals surface area contributed by atoms with E-state index in [-0.39, 0.29) is 50.2 Å². The van der Waals surface area contributed by atoms with E-state index in [1.54, 1.807) is 37.3 Å². The minimum absolute atomic E-state index is 0.0291. The number of aliphatic hydroxyl groups is 4. The molecule has 334 valence electrons. The van der Waals surface area contributed by atoms with E-state index in [0.717, 1.165) is 6.42 Å². The van der Waals surface area contributed by atoms with Crippen molar-refractivity contribution < 1.29 is 67.7 Å². The molecule has 1 saturated heterocycles. The van der Waals surface area contributed by atoms with Gasteiger partial charge in [0.2, 0.25) is 11.6 Å². The number of aliphatic hydroxyl groups excluding tert-OH is 4. The van der Waals surface area contributed by atoms with Crippen molar-refractivity contribution in [3.63, 3.8) is 0 Å². The minimum Gasteiger partial charge on any atom is -0.387 e. The normalized spacial score (nSPS) is 24.0. The Hall–Kier alpha value is -4.51. The fourth-order valence-corrected chi connectivity index (χ4v) is 7.65. The van der Waals surface area contributed by atoms with Crippen LogP contribution >= 0.6 is 0 Å². The highest BCUT2D eigenvalue weighted by atomic mass is 19.1. The lowest BCUT2D eigenvalue weighted by molar-refractivity contribution is -0.288. The topological polar surface area (TPSA) is 253 Å². The van der Waals surface area contributed by atoms with Crippen LogP contribution in [-0.4, -0.2) is 167 Å². The molecule has 3 aliphatic rings. The molecule has 3 unspecified atom stereocenters. The monoisotopic (exact) mass is 858 g/mol. The van der Waals surface area contributed by atoms with Gasteiger partial charge in [-0.15, -0.1) is 5.10 Å². The van der Waals surface area contributed by atoms with E-state index < -0.39 is 48.2 Å². The number of fused-ring (bicyclic) bond motifs is 1. The lowest BCUT2D eigenvalue weighted by Gasteiger charge is -2.38. The highest BCUT2D eigenvalue weighted by molar-refractivity contribution is 6.26. The number of alkyl halides is 1. The summed E-state index contributed by atoms with van der Waals surface area (Å²) in [5.74, 6) is -1.95. The fourth-order valence-electron chi connectivity index (χ4n) is 7.65. The third-order valence-corrected chi connectivity index (χ3v) is 10.9. The Kier molecular flexibility index (Phi) is 16.2. The molecule has 1 aliphatic carbocycles. The fraction of sp³-hybridized carbons (Fsp3) is 0.610. The second kappa shape index (κ2) is 21.5. The molecular formula is C41H55FN6O13. The summed E-state index contributed by atoms with van der Waals surface area (Å²) in [6.45, 7) is 3.90. The molecule has 6 N–H and O–H groups in total. The molecule has 6 rings (SSSR count). The van der Waals surface area contributed by atoms with Gasteiger partial charge >= 0.3 is 0 Å². The summed E-state index contributed by atoms with van der Waals surface area (Å²) in [7, 11) is 0. The number of rotatable bonds is 21. The summed E-state index contributed by atoms with van der Waals surface area (Å²) in [4.78, 5) is 53.0. The van der Waals surface area contributed by atoms with Gasteiger partial charge in [-0.1, -0.05) is 23.8 Å². The summed E-state index contributed by atoms with van der Waals surface area (Å²) in [6, 6.07) is 8.62. The first-order valence-corrected chi connectivity index (χ1v) is 20.8. The van der Waals surface area contributed by atoms with E-state index in [1.165, 1.54) is 9.58 Å². The molecule has 2 aromatic carbocycles. The highest BCUT2D eigenvalue weighted by Crippen LogP contribution is 2.39. The Labute approximate surface area is 351 Å². The largest absolute Gasteiger partial charge is 0.387 e. The van der Waals surface area contributed by atoms with E-state index in [9.17, 15) is 39.6 Å². The lowest BCUT2D eigenvalue weighted by Crippen LogP contribution is -2.58. The number of amides is 4. The average Bonchev–Trinajstić information content (AvgIpc) is 3.67. The maximum atomic E-state index is 16.9. The van der Waals surface area contributed by atoms with Gasteiger partial charge in [-0.05, 0) is 63.6 Å². The van der Waals surface area contributed by atoms with Gasteiger partial charge < -0.3 is 54.7 Å². The molecule has 3 heterocycles. The molecule has 0 radical (unpaired) electrons. The molecule has 2 aliphatic heterocycles. The van der Waals surface area contributed by atoms with Crippen LogP contribution < -0.4 is 10.6 Å². The quantitative estimate of drug-likeness (QED) is 0.0618. The van der Waals surface area contributed by atoms with E-state index >= 15 is 4.39 Å². The number of imide groups is 1. The zero-order valence-electron chi connectivity index (χ0n) is 34.1. The number of ether oxygens (including phenoxy) is 5. The van der Waals surface area contributed by atoms with Crippen LogP contribution in [0.25, 0.3) is 16.5 Å². The second-order valence-electron chi connectivity index (χ2n) is 15.1. The standard InChI is InChI=1S/C41H55FN6O13/c1-2-47-37(53)26-10-6-9-25-28(13-12-27(32(25)26)38(47)54)48-29-11-4-3-5-14-41(42,36(29)45-46-48)40(56)44-16-8-18-58-20-22-59-21-19-57-17-7-15-43-31(49)24-60-23-30-33(50)34(51)35(52)39(55)61-30/h6,9-10,12-13,30,33-35,39,50-52,55H,2-5,7-8,11,14-24H2,1H3,(H,43,49)(H,44,56)/t30?,33-,34+,35?,39-,41?/m1/s1. The number of carbonyl (C=O) groups is 4. The van der Waals surface area contributed by atoms with Gasteiger partial charge in [0.25, 0.3) is 17.7 Å². The zero-order valence-corrected chi connectivity index (χ0v) is 34.1. The van der Waals surface area contributed by atoms with Gasteiger partial charge in [-0.25, -0.2) is 9.07 Å². The number of hydrogen-bond acceptors (Lipinski definition) is 15. The Morgan fingerprint density at radius 2 is 1.52 bits per heavy atom. The first kappa shape index (κ1) is 46.0. The Morgan fingerprint density at radius 1 is 0.852 bits per heavy atom. The molecule has 61 heavy (non-hydrogen) atoms. The van der Waals surface area contributed by atoms with Crippen LogP contribution in [0, 0.1) is 0 Å². The van der Waals surface area contributed by atoms with Crippen molar-refractivity contribution in [2.45, 2.75) is 88.2 Å². The van der Waals surface area contributed by atoms with Crippen LogP contribution in [0.1, 0.15) is 77.6 Å². The molecule has 3 aromatic rings. The molecule has 4 amide bonds. The molecule has 0 saturated carbocycles. The van der Waals surface area contributed by atoms with Crippen LogP contribution in [0.4, 0.5) is 4.39 Å². The van der Waals surface area contributed by atoms with Crippen molar-refractivity contribution in [3.8, 4) is 5.69 Å². The van der Waals surface area contributed by atoms with Crippen molar-refractivity contribution in [2.24, 2.45) is 0 Å². The van der Waals surface area contributed by atoms with Crippen molar-refractivity contribution in [1.82, 2.24) is 30.5 Å². The zero-order chi connectivity index (χ0) is 43.5. The number of nitrogens with zero attached hydrogens (tertiary/aromatic N) is 4. The third kappa shape index (κ3) is 10.6. The van der Waals surface area contributed by atoms with Crippen LogP contribution in [0.5, 0.6) is 0 Å². The number of halogens is 1. The van der Waals surface area contributed by atoms with E-state index in [2.05, 4.69) is 20.9 Å². The molecule has 6 atom stereocenters. The highest BCUT2D eigenvalue weighted by Gasteiger charge is 2.46. The van der Waals surface area contributed by atoms with Gasteiger partial charge in [-0.2, -0.15) is 0 Å². The molecule has 0 spiro atoms. The molecule has 1 fully saturated rings. The summed E-state index contributed by atoms with van der Waals surface area (Å²) in [5, 5.41) is 53.7. The molecule has 0 bridgehead atoms. The summed E-state index contributed by atoms with van der Waals surface area (Å²) < 4.78 is 45.2. The predicted octanol–water partition coefficient (Wildman–Crippen LogP) is 0.197. The summed E-state index contributed by atoms with van der Waals surface area (Å²) in [6.07, 6.45) is -4.18. The Bertz CT molecular complexity index is 1980. The van der Waals surface area contributed by atoms with Crippen LogP contribution in [0.3, 0.4) is 0 Å². The van der Waals surface area contributed by atoms with Gasteiger partial charge in [0.15, 0.2) is 6.29 Å². The third-order valence-electron chi connectivity index (χ3n) is 10.9. The number of aromatic nitrogens is 3. The molecule has 19 nitrogen and oxygen atoms in total. The van der Waals surface area contributed by atoms with E-state index in [0.29, 0.717) is 112 Å². The first-order valence-electron chi connectivity index (χ1n) is 20.8. The maximum Gasteiger partial charge on any atom is 0.264 e. The first-order chi connectivity index (χ1) is 29.5. The Balaban J connectivity index is 0.854. The van der Waals surface area contributed by atoms with Crippen molar-refractivity contribution in [2.75, 3.05) is 72.5 Å². The molecule has 1 aromatic heterocycles. The number of hydrogen-bond donors (Lipinski definition) is 6. The molecule has 20 heteroatoms. The summed E-state index contributed by atoms with van der Waals surface area (Å²) >= 11 is 0. The van der Waals surface area contributed by atoms with Crippen LogP contribution in [0.2, 0.25) is 0 Å². The van der Waals surface area contributed by atoms with Crippen molar-refractivity contribution in [3.05, 3.63) is 52.8 Å². The molecular weight excluding hydrogens is 803 g/mol. The second-order valence-corrected chi connectivity index (χ2v) is 15.1. The van der Waals surface area contributed by atoms with Crippen LogP contribution in [-0.2, 0) is 45.4 Å². The summed E-state index contributed by atoms with van der Waals surface area (Å²) in [5.41, 5.74) is -0.611. The van der Waals surface area contributed by atoms with Gasteiger partial charge in [0.1, 0.15) is 36.7 Å². The number of carbonyl (C=O) groups excluding carboxylic acids is 4. The van der Waals surface area contributed by atoms with Gasteiger partial charge in [0, 0.05) is 54.7 Å². The lowest BCUT2D eigenvalue weighted by atomic mass is 9.87. The maximum absolute atomic E-state index is 16.9. The smallest absolute Gasteiger partial charge is 0.264 e. The van der Waals surface area contributed by atoms with Crippen molar-refractivity contribution >= 4 is 34.4 Å². The number of nitrogens with one attached hydrogen (secondary N) is 2. The number of benzene rings is 2.